The van der Waals surface area contributed by atoms with E-state index in [2.05, 4.69) is 35.4 Å². The monoisotopic (exact) mass is 203 g/mol. The van der Waals surface area contributed by atoms with Crippen molar-refractivity contribution in [2.75, 3.05) is 6.54 Å². The minimum absolute atomic E-state index is 0.300. The maximum atomic E-state index is 5.98. The fourth-order valence-corrected chi connectivity index (χ4v) is 2.67. The number of fused-ring (bicyclic) bond motifs is 1. The molecule has 2 unspecified atom stereocenters. The first kappa shape index (κ1) is 9.37. The van der Waals surface area contributed by atoms with Crippen LogP contribution < -0.4 is 0 Å². The number of piperidine rings is 1. The minimum atomic E-state index is 0.300. The normalized spacial score (nSPS) is 31.5. The Balaban J connectivity index is 1.75. The fraction of sp³-hybridized carbons (Fsp3) is 0.538. The number of hydrogen-bond donors (Lipinski definition) is 0. The molecule has 2 saturated heterocycles. The van der Waals surface area contributed by atoms with E-state index in [9.17, 15) is 0 Å². The van der Waals surface area contributed by atoms with Crippen molar-refractivity contribution in [2.24, 2.45) is 0 Å². The Bertz CT molecular complexity index is 311. The van der Waals surface area contributed by atoms with Gasteiger partial charge in [0, 0.05) is 12.6 Å². The zero-order valence-electron chi connectivity index (χ0n) is 8.93. The van der Waals surface area contributed by atoms with Gasteiger partial charge in [0.2, 0.25) is 0 Å². The molecule has 0 aromatic heterocycles. The molecular weight excluding hydrogens is 186 g/mol. The van der Waals surface area contributed by atoms with Crippen LogP contribution in [0.5, 0.6) is 0 Å². The summed E-state index contributed by atoms with van der Waals surface area (Å²) in [7, 11) is 0. The van der Waals surface area contributed by atoms with Crippen LogP contribution in [-0.4, -0.2) is 17.6 Å². The molecule has 0 N–H and O–H groups in total. The highest BCUT2D eigenvalue weighted by atomic mass is 16.7. The van der Waals surface area contributed by atoms with E-state index in [1.165, 1.54) is 31.2 Å². The number of benzene rings is 1. The summed E-state index contributed by atoms with van der Waals surface area (Å²) in [4.78, 5) is 5.98. The second kappa shape index (κ2) is 3.95. The lowest BCUT2D eigenvalue weighted by atomic mass is 9.97. The molecule has 0 bridgehead atoms. The van der Waals surface area contributed by atoms with E-state index in [-0.39, 0.29) is 0 Å². The lowest BCUT2D eigenvalue weighted by molar-refractivity contribution is -0.173. The van der Waals surface area contributed by atoms with Gasteiger partial charge in [-0.15, -0.1) is 0 Å². The number of hydrogen-bond acceptors (Lipinski definition) is 2. The molecule has 2 aliphatic heterocycles. The molecule has 2 aliphatic rings. The van der Waals surface area contributed by atoms with E-state index in [0.717, 1.165) is 6.54 Å². The minimum Gasteiger partial charge on any atom is -0.291 e. The van der Waals surface area contributed by atoms with Gasteiger partial charge in [-0.25, -0.2) is 0 Å². The Kier molecular flexibility index (Phi) is 2.47. The van der Waals surface area contributed by atoms with Gasteiger partial charge in [0.25, 0.3) is 0 Å². The van der Waals surface area contributed by atoms with Gasteiger partial charge < -0.3 is 0 Å². The second-order valence-corrected chi connectivity index (χ2v) is 4.53. The summed E-state index contributed by atoms with van der Waals surface area (Å²) in [6.45, 7) is 1.12. The molecule has 0 aliphatic carbocycles. The topological polar surface area (TPSA) is 12.5 Å². The number of rotatable bonds is 1. The van der Waals surface area contributed by atoms with Crippen molar-refractivity contribution < 1.29 is 4.84 Å². The van der Waals surface area contributed by atoms with Gasteiger partial charge in [0.05, 0.1) is 0 Å². The fourth-order valence-electron chi connectivity index (χ4n) is 2.67. The van der Waals surface area contributed by atoms with Crippen molar-refractivity contribution in [3.63, 3.8) is 0 Å². The molecule has 0 radical (unpaired) electrons. The zero-order valence-corrected chi connectivity index (χ0v) is 8.93. The Hall–Kier alpha value is -0.860. The Morgan fingerprint density at radius 1 is 1.13 bits per heavy atom. The van der Waals surface area contributed by atoms with Gasteiger partial charge in [0.15, 0.2) is 0 Å². The van der Waals surface area contributed by atoms with Gasteiger partial charge in [-0.1, -0.05) is 36.8 Å². The summed E-state index contributed by atoms with van der Waals surface area (Å²) in [5, 5.41) is 2.21. The van der Waals surface area contributed by atoms with Crippen LogP contribution in [0.25, 0.3) is 0 Å². The molecule has 0 saturated carbocycles. The van der Waals surface area contributed by atoms with Crippen LogP contribution in [0.1, 0.15) is 37.4 Å². The van der Waals surface area contributed by atoms with Crippen LogP contribution in [0.15, 0.2) is 30.3 Å². The van der Waals surface area contributed by atoms with Crippen LogP contribution in [0, 0.1) is 0 Å². The molecule has 15 heavy (non-hydrogen) atoms. The lowest BCUT2D eigenvalue weighted by Gasteiger charge is -2.26. The van der Waals surface area contributed by atoms with E-state index in [1.807, 2.05) is 0 Å². The third-order valence-corrected chi connectivity index (χ3v) is 3.49. The van der Waals surface area contributed by atoms with Crippen molar-refractivity contribution >= 4 is 0 Å². The van der Waals surface area contributed by atoms with E-state index in [0.29, 0.717) is 12.1 Å². The van der Waals surface area contributed by atoms with E-state index in [1.54, 1.807) is 0 Å². The third-order valence-electron chi connectivity index (χ3n) is 3.49. The first-order chi connectivity index (χ1) is 7.43. The second-order valence-electron chi connectivity index (χ2n) is 4.53. The molecule has 2 heterocycles. The van der Waals surface area contributed by atoms with E-state index < -0.39 is 0 Å². The predicted molar refractivity (Wildman–Crippen MR) is 59.2 cm³/mol. The molecule has 2 atom stereocenters. The first-order valence-electron chi connectivity index (χ1n) is 5.92. The average molecular weight is 203 g/mol. The largest absolute Gasteiger partial charge is 0.291 e. The van der Waals surface area contributed by atoms with Gasteiger partial charge in [-0.05, 0) is 24.8 Å². The summed E-state index contributed by atoms with van der Waals surface area (Å²) in [6, 6.07) is 11.3. The molecule has 80 valence electrons. The quantitative estimate of drug-likeness (QED) is 0.696. The van der Waals surface area contributed by atoms with Gasteiger partial charge in [-0.2, -0.15) is 5.06 Å². The number of hydroxylamine groups is 2. The maximum Gasteiger partial charge on any atom is 0.106 e. The first-order valence-corrected chi connectivity index (χ1v) is 5.92. The van der Waals surface area contributed by atoms with Gasteiger partial charge in [0.1, 0.15) is 6.10 Å². The molecule has 2 fully saturated rings. The highest BCUT2D eigenvalue weighted by molar-refractivity contribution is 5.18. The molecule has 1 aromatic carbocycles. The smallest absolute Gasteiger partial charge is 0.106 e. The molecule has 3 rings (SSSR count). The van der Waals surface area contributed by atoms with Gasteiger partial charge in [-0.3, -0.25) is 4.84 Å². The van der Waals surface area contributed by atoms with Crippen LogP contribution in [-0.2, 0) is 4.84 Å². The molecule has 2 nitrogen and oxygen atoms in total. The van der Waals surface area contributed by atoms with Crippen LogP contribution in [0.3, 0.4) is 0 Å². The summed E-state index contributed by atoms with van der Waals surface area (Å²) >= 11 is 0. The van der Waals surface area contributed by atoms with Gasteiger partial charge >= 0.3 is 0 Å². The highest BCUT2D eigenvalue weighted by Crippen LogP contribution is 2.37. The van der Waals surface area contributed by atoms with Crippen LogP contribution >= 0.6 is 0 Å². The molecule has 1 aromatic rings. The van der Waals surface area contributed by atoms with Crippen molar-refractivity contribution in [1.29, 1.82) is 0 Å². The Labute approximate surface area is 90.8 Å². The van der Waals surface area contributed by atoms with Crippen molar-refractivity contribution in [1.82, 2.24) is 5.06 Å². The molecule has 0 spiro atoms. The summed E-state index contributed by atoms with van der Waals surface area (Å²) in [5.74, 6) is 0. The van der Waals surface area contributed by atoms with Crippen LogP contribution in [0.4, 0.5) is 0 Å². The lowest BCUT2D eigenvalue weighted by Crippen LogP contribution is -2.32. The third kappa shape index (κ3) is 1.80. The predicted octanol–water partition coefficient (Wildman–Crippen LogP) is 2.92. The van der Waals surface area contributed by atoms with E-state index >= 15 is 0 Å². The molecule has 0 amide bonds. The molecular formula is C13H17NO. The maximum absolute atomic E-state index is 5.98. The zero-order chi connectivity index (χ0) is 10.1. The molecule has 2 heteroatoms. The summed E-state index contributed by atoms with van der Waals surface area (Å²) < 4.78 is 0. The van der Waals surface area contributed by atoms with Crippen LogP contribution in [0.2, 0.25) is 0 Å². The van der Waals surface area contributed by atoms with Crippen molar-refractivity contribution in [3.05, 3.63) is 35.9 Å². The summed E-state index contributed by atoms with van der Waals surface area (Å²) in [6.07, 6.45) is 5.44. The highest BCUT2D eigenvalue weighted by Gasteiger charge is 2.35. The number of nitrogens with zero attached hydrogens (tertiary/aromatic N) is 1. The summed E-state index contributed by atoms with van der Waals surface area (Å²) in [5.41, 5.74) is 1.33. The average Bonchev–Trinajstić information content (AvgIpc) is 2.74. The van der Waals surface area contributed by atoms with Crippen molar-refractivity contribution in [2.45, 2.75) is 37.8 Å². The Morgan fingerprint density at radius 2 is 2.00 bits per heavy atom. The van der Waals surface area contributed by atoms with E-state index in [4.69, 9.17) is 4.84 Å². The SMILES string of the molecule is c1ccc(C2CC3CCCCN3O2)cc1. The Morgan fingerprint density at radius 3 is 2.80 bits per heavy atom. The standard InChI is InChI=1S/C13H17NO/c1-2-6-11(7-3-1)13-10-12-8-4-5-9-14(12)15-13/h1-3,6-7,12-13H,4-5,8-10H2. The van der Waals surface area contributed by atoms with Crippen molar-refractivity contribution in [3.8, 4) is 0 Å².